The lowest BCUT2D eigenvalue weighted by Gasteiger charge is -2.34. The van der Waals surface area contributed by atoms with Crippen LogP contribution in [0.2, 0.25) is 0 Å². The van der Waals surface area contributed by atoms with Crippen LogP contribution >= 0.6 is 0 Å². The Morgan fingerprint density at radius 1 is 0.765 bits per heavy atom. The zero-order valence-electron chi connectivity index (χ0n) is 11.4. The van der Waals surface area contributed by atoms with Crippen molar-refractivity contribution in [2.24, 2.45) is 0 Å². The summed E-state index contributed by atoms with van der Waals surface area (Å²) in [6, 6.07) is 0. The van der Waals surface area contributed by atoms with Crippen LogP contribution in [-0.4, -0.2) is 52.8 Å². The molecule has 0 atom stereocenters. The van der Waals surface area contributed by atoms with Crippen molar-refractivity contribution in [3.63, 3.8) is 0 Å². The van der Waals surface area contributed by atoms with E-state index in [2.05, 4.69) is 27.7 Å². The first-order valence-corrected chi connectivity index (χ1v) is 6.16. The highest BCUT2D eigenvalue weighted by atomic mass is 16.4. The fourth-order valence-corrected chi connectivity index (χ4v) is 1.56. The Labute approximate surface area is 104 Å². The predicted octanol–water partition coefficient (Wildman–Crippen LogP) is 1.82. The molecule has 0 saturated carbocycles. The Morgan fingerprint density at radius 2 is 1.00 bits per heavy atom. The zero-order chi connectivity index (χ0) is 13.9. The lowest BCUT2D eigenvalue weighted by Crippen LogP contribution is -2.47. The standard InChI is InChI=1S/C8H20N.C4H6O4/c1-5-9(6-2,7-3)8-4;5-3(6)1-2-4(7)8/h5-8H2,1-4H3;1-2H2,(H,5,6)(H,7,8)/q+1;. The molecule has 5 heteroatoms. The second kappa shape index (κ2) is 10.1. The van der Waals surface area contributed by atoms with E-state index in [4.69, 9.17) is 10.2 Å². The van der Waals surface area contributed by atoms with Gasteiger partial charge in [-0.2, -0.15) is 0 Å². The van der Waals surface area contributed by atoms with Gasteiger partial charge in [0.05, 0.1) is 39.0 Å². The number of hydrogen-bond acceptors (Lipinski definition) is 2. The molecule has 0 radical (unpaired) electrons. The fourth-order valence-electron chi connectivity index (χ4n) is 1.56. The van der Waals surface area contributed by atoms with Crippen molar-refractivity contribution in [3.05, 3.63) is 0 Å². The van der Waals surface area contributed by atoms with Gasteiger partial charge >= 0.3 is 11.9 Å². The lowest BCUT2D eigenvalue weighted by molar-refractivity contribution is -0.921. The number of aliphatic carboxylic acids is 2. The maximum absolute atomic E-state index is 9.64. The third-order valence-corrected chi connectivity index (χ3v) is 3.24. The van der Waals surface area contributed by atoms with Crippen LogP contribution in [0.3, 0.4) is 0 Å². The summed E-state index contributed by atoms with van der Waals surface area (Å²) < 4.78 is 1.28. The van der Waals surface area contributed by atoms with E-state index >= 15 is 0 Å². The maximum Gasteiger partial charge on any atom is 0.303 e. The molecule has 0 heterocycles. The van der Waals surface area contributed by atoms with E-state index < -0.39 is 11.9 Å². The van der Waals surface area contributed by atoms with Crippen molar-refractivity contribution in [1.29, 1.82) is 0 Å². The zero-order valence-corrected chi connectivity index (χ0v) is 11.4. The van der Waals surface area contributed by atoms with E-state index in [1.54, 1.807) is 0 Å². The monoisotopic (exact) mass is 248 g/mol. The molecule has 5 nitrogen and oxygen atoms in total. The van der Waals surface area contributed by atoms with E-state index in [1.165, 1.54) is 30.7 Å². The lowest BCUT2D eigenvalue weighted by atomic mass is 10.3. The molecular formula is C12H26NO4+. The molecule has 0 aliphatic heterocycles. The number of hydrogen-bond donors (Lipinski definition) is 2. The van der Waals surface area contributed by atoms with Gasteiger partial charge in [-0.1, -0.05) is 0 Å². The molecule has 0 aliphatic carbocycles. The first-order valence-electron chi connectivity index (χ1n) is 6.16. The number of carbonyl (C=O) groups is 2. The van der Waals surface area contributed by atoms with Crippen LogP contribution in [0, 0.1) is 0 Å². The minimum absolute atomic E-state index is 0.296. The number of quaternary nitrogens is 1. The summed E-state index contributed by atoms with van der Waals surface area (Å²) >= 11 is 0. The molecule has 17 heavy (non-hydrogen) atoms. The molecule has 0 spiro atoms. The number of carboxylic acids is 2. The third kappa shape index (κ3) is 9.81. The largest absolute Gasteiger partial charge is 0.481 e. The van der Waals surface area contributed by atoms with Crippen molar-refractivity contribution in [2.45, 2.75) is 40.5 Å². The van der Waals surface area contributed by atoms with Crippen molar-refractivity contribution >= 4 is 11.9 Å². The normalized spacial score (nSPS) is 10.4. The summed E-state index contributed by atoms with van der Waals surface area (Å²) in [6.07, 6.45) is -0.593. The predicted molar refractivity (Wildman–Crippen MR) is 66.9 cm³/mol. The van der Waals surface area contributed by atoms with Gasteiger partial charge in [-0.15, -0.1) is 0 Å². The molecular weight excluding hydrogens is 222 g/mol. The Morgan fingerprint density at radius 3 is 1.06 bits per heavy atom. The highest BCUT2D eigenvalue weighted by Crippen LogP contribution is 2.03. The van der Waals surface area contributed by atoms with Crippen molar-refractivity contribution < 1.29 is 24.3 Å². The Bertz CT molecular complexity index is 193. The van der Waals surface area contributed by atoms with Gasteiger partial charge in [-0.05, 0) is 27.7 Å². The second-order valence-electron chi connectivity index (χ2n) is 3.89. The highest BCUT2D eigenvalue weighted by molar-refractivity contribution is 5.75. The highest BCUT2D eigenvalue weighted by Gasteiger charge is 2.16. The Balaban J connectivity index is 0. The molecule has 2 N–H and O–H groups in total. The SMILES string of the molecule is CC[N+](CC)(CC)CC.O=C(O)CCC(=O)O. The van der Waals surface area contributed by atoms with Crippen LogP contribution in [0.25, 0.3) is 0 Å². The first kappa shape index (κ1) is 18.3. The van der Waals surface area contributed by atoms with Gasteiger partial charge in [-0.25, -0.2) is 0 Å². The van der Waals surface area contributed by atoms with Crippen LogP contribution in [0.5, 0.6) is 0 Å². The molecule has 0 rings (SSSR count). The summed E-state index contributed by atoms with van der Waals surface area (Å²) in [5.41, 5.74) is 0. The average molecular weight is 248 g/mol. The molecule has 0 saturated heterocycles. The first-order chi connectivity index (χ1) is 7.87. The second-order valence-corrected chi connectivity index (χ2v) is 3.89. The number of nitrogens with zero attached hydrogens (tertiary/aromatic N) is 1. The quantitative estimate of drug-likeness (QED) is 0.674. The summed E-state index contributed by atoms with van der Waals surface area (Å²) in [5, 5.41) is 15.8. The van der Waals surface area contributed by atoms with Crippen molar-refractivity contribution in [2.75, 3.05) is 26.2 Å². The molecule has 0 aliphatic rings. The molecule has 102 valence electrons. The van der Waals surface area contributed by atoms with E-state index in [0.717, 1.165) is 0 Å². The smallest absolute Gasteiger partial charge is 0.303 e. The minimum atomic E-state index is -1.08. The van der Waals surface area contributed by atoms with Gasteiger partial charge in [0.25, 0.3) is 0 Å². The van der Waals surface area contributed by atoms with Gasteiger partial charge < -0.3 is 14.7 Å². The van der Waals surface area contributed by atoms with Crippen molar-refractivity contribution in [3.8, 4) is 0 Å². The van der Waals surface area contributed by atoms with Crippen molar-refractivity contribution in [1.82, 2.24) is 0 Å². The van der Waals surface area contributed by atoms with E-state index in [0.29, 0.717) is 0 Å². The van der Waals surface area contributed by atoms with Gasteiger partial charge in [0.1, 0.15) is 0 Å². The number of carboxylic acid groups (broad SMARTS) is 2. The van der Waals surface area contributed by atoms with Crippen LogP contribution in [-0.2, 0) is 9.59 Å². The molecule has 0 aromatic carbocycles. The third-order valence-electron chi connectivity index (χ3n) is 3.24. The minimum Gasteiger partial charge on any atom is -0.481 e. The Hall–Kier alpha value is -1.10. The van der Waals surface area contributed by atoms with Gasteiger partial charge in [0.2, 0.25) is 0 Å². The average Bonchev–Trinajstić information content (AvgIpc) is 2.31. The maximum atomic E-state index is 9.64. The molecule has 0 bridgehead atoms. The summed E-state index contributed by atoms with van der Waals surface area (Å²) in [7, 11) is 0. The van der Waals surface area contributed by atoms with E-state index in [1.807, 2.05) is 0 Å². The molecule has 0 aromatic heterocycles. The van der Waals surface area contributed by atoms with Gasteiger partial charge in [-0.3, -0.25) is 9.59 Å². The van der Waals surface area contributed by atoms with Crippen LogP contribution in [0.15, 0.2) is 0 Å². The summed E-state index contributed by atoms with van der Waals surface area (Å²) in [4.78, 5) is 19.3. The molecule has 0 aromatic rings. The molecule has 0 amide bonds. The van der Waals surface area contributed by atoms with E-state index in [9.17, 15) is 9.59 Å². The summed E-state index contributed by atoms with van der Waals surface area (Å²) in [5.74, 6) is -2.15. The van der Waals surface area contributed by atoms with Crippen LogP contribution in [0.1, 0.15) is 40.5 Å². The Kier molecular flexibility index (Phi) is 10.8. The fraction of sp³-hybridized carbons (Fsp3) is 0.833. The number of rotatable bonds is 7. The summed E-state index contributed by atoms with van der Waals surface area (Å²) in [6.45, 7) is 14.2. The van der Waals surface area contributed by atoms with Crippen LogP contribution in [0.4, 0.5) is 0 Å². The van der Waals surface area contributed by atoms with E-state index in [-0.39, 0.29) is 12.8 Å². The topological polar surface area (TPSA) is 74.6 Å². The van der Waals surface area contributed by atoms with Gasteiger partial charge in [0.15, 0.2) is 0 Å². The molecule has 0 unspecified atom stereocenters. The van der Waals surface area contributed by atoms with Crippen LogP contribution < -0.4 is 0 Å². The van der Waals surface area contributed by atoms with Gasteiger partial charge in [0, 0.05) is 0 Å². The molecule has 0 fully saturated rings.